The summed E-state index contributed by atoms with van der Waals surface area (Å²) in [5, 5.41) is 26.3. The van der Waals surface area contributed by atoms with Crippen LogP contribution in [0.1, 0.15) is 67.3 Å². The molecule has 4 unspecified atom stereocenters. The first-order valence-electron chi connectivity index (χ1n) is 13.5. The van der Waals surface area contributed by atoms with Gasteiger partial charge in [0.2, 0.25) is 0 Å². The minimum atomic E-state index is -0.411. The van der Waals surface area contributed by atoms with Gasteiger partial charge >= 0.3 is 0 Å². The van der Waals surface area contributed by atoms with Crippen LogP contribution in [0.4, 0.5) is 0 Å². The van der Waals surface area contributed by atoms with E-state index >= 15 is 0 Å². The Morgan fingerprint density at radius 2 is 1.19 bits per heavy atom. The number of carbonyl (C=O) groups excluding carboxylic acids is 1. The van der Waals surface area contributed by atoms with Crippen molar-refractivity contribution in [2.75, 3.05) is 26.3 Å². The van der Waals surface area contributed by atoms with Crippen molar-refractivity contribution in [3.05, 3.63) is 47.5 Å². The van der Waals surface area contributed by atoms with Crippen LogP contribution in [0, 0.1) is 11.8 Å². The van der Waals surface area contributed by atoms with E-state index in [0.29, 0.717) is 35.8 Å². The third-order valence-electron chi connectivity index (χ3n) is 7.84. The van der Waals surface area contributed by atoms with Gasteiger partial charge in [0.1, 0.15) is 24.0 Å². The summed E-state index contributed by atoms with van der Waals surface area (Å²) in [5.41, 5.74) is 3.21. The number of benzene rings is 2. The van der Waals surface area contributed by atoms with Crippen molar-refractivity contribution in [1.82, 2.24) is 10.6 Å². The Bertz CT molecular complexity index is 976. The first kappa shape index (κ1) is 25.2. The number of ether oxygens (including phenoxy) is 2. The lowest BCUT2D eigenvalue weighted by Gasteiger charge is -2.28. The van der Waals surface area contributed by atoms with Crippen LogP contribution in [0.25, 0.3) is 11.1 Å². The number of piperidine rings is 2. The van der Waals surface area contributed by atoms with Crippen molar-refractivity contribution in [3.63, 3.8) is 0 Å². The summed E-state index contributed by atoms with van der Waals surface area (Å²) in [7, 11) is 0. The zero-order valence-electron chi connectivity index (χ0n) is 20.9. The fourth-order valence-electron chi connectivity index (χ4n) is 5.77. The molecule has 5 rings (SSSR count). The molecule has 1 aliphatic carbocycles. The SMILES string of the molecule is O=C1c2cc(OCCCC3CCCNC3O)ccc2-c2ccc(OCCCC3CCCNC3O)cc21. The maximum atomic E-state index is 13.2. The molecule has 0 spiro atoms. The van der Waals surface area contributed by atoms with Crippen molar-refractivity contribution in [2.24, 2.45) is 11.8 Å². The highest BCUT2D eigenvalue weighted by Crippen LogP contribution is 2.40. The van der Waals surface area contributed by atoms with Crippen molar-refractivity contribution >= 4 is 5.78 Å². The van der Waals surface area contributed by atoms with Gasteiger partial charge in [0, 0.05) is 11.1 Å². The van der Waals surface area contributed by atoms with E-state index in [1.54, 1.807) is 0 Å². The van der Waals surface area contributed by atoms with Crippen molar-refractivity contribution < 1.29 is 24.5 Å². The zero-order chi connectivity index (χ0) is 24.9. The van der Waals surface area contributed by atoms with Gasteiger partial charge in [-0.05, 0) is 124 Å². The number of carbonyl (C=O) groups is 1. The van der Waals surface area contributed by atoms with E-state index in [2.05, 4.69) is 10.6 Å². The summed E-state index contributed by atoms with van der Waals surface area (Å²) < 4.78 is 11.9. The molecule has 4 atom stereocenters. The van der Waals surface area contributed by atoms with E-state index in [4.69, 9.17) is 9.47 Å². The highest BCUT2D eigenvalue weighted by Gasteiger charge is 2.28. The second-order valence-corrected chi connectivity index (χ2v) is 10.3. The molecular weight excluding hydrogens is 456 g/mol. The minimum Gasteiger partial charge on any atom is -0.494 e. The number of aliphatic hydroxyl groups is 2. The molecule has 0 saturated carbocycles. The Morgan fingerprint density at radius 1 is 0.722 bits per heavy atom. The molecule has 194 valence electrons. The van der Waals surface area contributed by atoms with Gasteiger partial charge in [-0.15, -0.1) is 0 Å². The molecule has 2 saturated heterocycles. The lowest BCUT2D eigenvalue weighted by molar-refractivity contribution is 0.0425. The molecule has 3 aliphatic rings. The van der Waals surface area contributed by atoms with Crippen LogP contribution in [-0.4, -0.2) is 54.8 Å². The van der Waals surface area contributed by atoms with Gasteiger partial charge in [-0.1, -0.05) is 0 Å². The van der Waals surface area contributed by atoms with Crippen LogP contribution in [0.3, 0.4) is 0 Å². The number of rotatable bonds is 10. The van der Waals surface area contributed by atoms with E-state index in [-0.39, 0.29) is 17.6 Å². The number of fused-ring (bicyclic) bond motifs is 3. The maximum Gasteiger partial charge on any atom is 0.194 e. The molecule has 2 aliphatic heterocycles. The Labute approximate surface area is 213 Å². The molecule has 36 heavy (non-hydrogen) atoms. The minimum absolute atomic E-state index is 0.00343. The van der Waals surface area contributed by atoms with Crippen molar-refractivity contribution in [1.29, 1.82) is 0 Å². The topological polar surface area (TPSA) is 100 Å². The van der Waals surface area contributed by atoms with Crippen LogP contribution in [0.2, 0.25) is 0 Å². The quantitative estimate of drug-likeness (QED) is 0.318. The maximum absolute atomic E-state index is 13.2. The first-order chi connectivity index (χ1) is 17.6. The average Bonchev–Trinajstić information content (AvgIpc) is 3.17. The molecular formula is C29H38N2O5. The number of hydrogen-bond acceptors (Lipinski definition) is 7. The highest BCUT2D eigenvalue weighted by molar-refractivity contribution is 6.22. The van der Waals surface area contributed by atoms with Crippen molar-refractivity contribution in [2.45, 2.75) is 63.8 Å². The Kier molecular flexibility index (Phi) is 8.22. The molecule has 4 N–H and O–H groups in total. The summed E-state index contributed by atoms with van der Waals surface area (Å²) in [4.78, 5) is 13.2. The molecule has 2 aromatic carbocycles. The lowest BCUT2D eigenvalue weighted by Crippen LogP contribution is -2.41. The molecule has 2 fully saturated rings. The van der Waals surface area contributed by atoms with E-state index in [1.165, 1.54) is 0 Å². The highest BCUT2D eigenvalue weighted by atomic mass is 16.5. The number of hydrogen-bond donors (Lipinski definition) is 4. The summed E-state index contributed by atoms with van der Waals surface area (Å²) in [6.45, 7) is 2.90. The predicted molar refractivity (Wildman–Crippen MR) is 138 cm³/mol. The van der Waals surface area contributed by atoms with E-state index in [9.17, 15) is 15.0 Å². The summed E-state index contributed by atoms with van der Waals surface area (Å²) in [5.74, 6) is 1.97. The van der Waals surface area contributed by atoms with Gasteiger partial charge in [-0.2, -0.15) is 0 Å². The smallest absolute Gasteiger partial charge is 0.194 e. The van der Waals surface area contributed by atoms with Gasteiger partial charge in [0.25, 0.3) is 0 Å². The number of aliphatic hydroxyl groups excluding tert-OH is 2. The summed E-state index contributed by atoms with van der Waals surface area (Å²) >= 11 is 0. The van der Waals surface area contributed by atoms with Gasteiger partial charge in [-0.25, -0.2) is 0 Å². The number of nitrogens with one attached hydrogen (secondary N) is 2. The largest absolute Gasteiger partial charge is 0.494 e. The molecule has 2 aromatic rings. The molecule has 7 nitrogen and oxygen atoms in total. The molecule has 0 amide bonds. The first-order valence-corrected chi connectivity index (χ1v) is 13.5. The summed E-state index contributed by atoms with van der Waals surface area (Å²) in [6, 6.07) is 11.5. The van der Waals surface area contributed by atoms with Crippen molar-refractivity contribution in [3.8, 4) is 22.6 Å². The average molecular weight is 495 g/mol. The van der Waals surface area contributed by atoms with E-state index < -0.39 is 12.5 Å². The fraction of sp³-hybridized carbons (Fsp3) is 0.552. The molecule has 0 radical (unpaired) electrons. The van der Waals surface area contributed by atoms with Gasteiger partial charge in [0.05, 0.1) is 13.2 Å². The van der Waals surface area contributed by atoms with Crippen LogP contribution in [0.5, 0.6) is 11.5 Å². The third kappa shape index (κ3) is 5.75. The van der Waals surface area contributed by atoms with E-state index in [1.807, 2.05) is 36.4 Å². The van der Waals surface area contributed by atoms with Gasteiger partial charge in [0.15, 0.2) is 5.78 Å². The lowest BCUT2D eigenvalue weighted by atomic mass is 9.93. The molecule has 0 bridgehead atoms. The van der Waals surface area contributed by atoms with Crippen LogP contribution in [0.15, 0.2) is 36.4 Å². The summed E-state index contributed by atoms with van der Waals surface area (Å²) in [6.07, 6.45) is 7.05. The fourth-order valence-corrected chi connectivity index (χ4v) is 5.77. The second kappa shape index (κ2) is 11.7. The third-order valence-corrected chi connectivity index (χ3v) is 7.84. The normalized spacial score (nSPS) is 25.3. The van der Waals surface area contributed by atoms with Crippen LogP contribution in [-0.2, 0) is 0 Å². The number of ketones is 1. The van der Waals surface area contributed by atoms with Gasteiger partial charge < -0.3 is 19.7 Å². The molecule has 0 aromatic heterocycles. The Balaban J connectivity index is 1.12. The van der Waals surface area contributed by atoms with E-state index in [0.717, 1.165) is 75.6 Å². The van der Waals surface area contributed by atoms with Crippen LogP contribution < -0.4 is 20.1 Å². The Morgan fingerprint density at radius 3 is 1.64 bits per heavy atom. The second-order valence-electron chi connectivity index (χ2n) is 10.3. The standard InChI is InChI=1S/C29H38N2O5/c32-27-25-17-21(35-15-3-7-19-5-1-13-30-28(19)33)9-11-23(25)24-12-10-22(18-26(24)27)36-16-4-8-20-6-2-14-31-29(20)34/h9-12,17-20,28-31,33-34H,1-8,13-16H2. The Hall–Kier alpha value is -2.45. The van der Waals surface area contributed by atoms with Crippen LogP contribution >= 0.6 is 0 Å². The monoisotopic (exact) mass is 494 g/mol. The zero-order valence-corrected chi connectivity index (χ0v) is 20.9. The predicted octanol–water partition coefficient (Wildman–Crippen LogP) is 3.85. The van der Waals surface area contributed by atoms with Gasteiger partial charge in [-0.3, -0.25) is 15.4 Å². The molecule has 7 heteroatoms. The molecule has 2 heterocycles.